The van der Waals surface area contributed by atoms with Gasteiger partial charge in [-0.25, -0.2) is 0 Å². The first-order valence-electron chi connectivity index (χ1n) is 4.37. The summed E-state index contributed by atoms with van der Waals surface area (Å²) in [5.74, 6) is 0.0368. The van der Waals surface area contributed by atoms with E-state index in [2.05, 4.69) is 5.32 Å². The van der Waals surface area contributed by atoms with E-state index in [-0.39, 0.29) is 18.1 Å². The molecule has 0 fully saturated rings. The highest BCUT2D eigenvalue weighted by molar-refractivity contribution is 6.31. The zero-order chi connectivity index (χ0) is 10.6. The number of carbonyl (C=O) groups excluding carboxylic acids is 1. The van der Waals surface area contributed by atoms with Crippen molar-refractivity contribution in [1.82, 2.24) is 5.32 Å². The van der Waals surface area contributed by atoms with Gasteiger partial charge in [0.1, 0.15) is 5.75 Å². The van der Waals surface area contributed by atoms with Crippen LogP contribution in [0.3, 0.4) is 0 Å². The molecule has 0 aliphatic carbocycles. The van der Waals surface area contributed by atoms with Crippen molar-refractivity contribution >= 4 is 17.5 Å². The summed E-state index contributed by atoms with van der Waals surface area (Å²) >= 11 is 5.83. The minimum atomic E-state index is -0.0694. The molecule has 14 heavy (non-hydrogen) atoms. The molecular formula is C10H12ClNO2. The quantitative estimate of drug-likeness (QED) is 0.804. The third-order valence-corrected chi connectivity index (χ3v) is 2.11. The van der Waals surface area contributed by atoms with Gasteiger partial charge in [-0.15, -0.1) is 0 Å². The fourth-order valence-corrected chi connectivity index (χ4v) is 1.35. The molecule has 2 N–H and O–H groups in total. The van der Waals surface area contributed by atoms with Gasteiger partial charge in [0.05, 0.1) is 6.42 Å². The highest BCUT2D eigenvalue weighted by Gasteiger charge is 2.06. The average Bonchev–Trinajstić information content (AvgIpc) is 2.10. The number of phenolic OH excluding ortho intramolecular Hbond substituents is 1. The summed E-state index contributed by atoms with van der Waals surface area (Å²) in [6.07, 6.45) is 0.243. The summed E-state index contributed by atoms with van der Waals surface area (Å²) in [6, 6.07) is 4.59. The van der Waals surface area contributed by atoms with Gasteiger partial charge in [-0.05, 0) is 24.6 Å². The molecule has 0 aliphatic heterocycles. The Labute approximate surface area is 87.7 Å². The lowest BCUT2D eigenvalue weighted by Gasteiger charge is -2.04. The number of amides is 1. The number of hydrogen-bond donors (Lipinski definition) is 2. The molecule has 76 valence electrons. The van der Waals surface area contributed by atoms with Crippen LogP contribution in [0.2, 0.25) is 5.02 Å². The molecule has 1 amide bonds. The van der Waals surface area contributed by atoms with Crippen molar-refractivity contribution < 1.29 is 9.90 Å². The lowest BCUT2D eigenvalue weighted by molar-refractivity contribution is -0.120. The largest absolute Gasteiger partial charge is 0.508 e. The summed E-state index contributed by atoms with van der Waals surface area (Å²) in [5, 5.41) is 12.2. The monoisotopic (exact) mass is 213 g/mol. The number of halogens is 1. The first-order valence-corrected chi connectivity index (χ1v) is 4.75. The maximum atomic E-state index is 11.2. The first-order chi connectivity index (χ1) is 6.63. The van der Waals surface area contributed by atoms with Gasteiger partial charge in [0.2, 0.25) is 5.91 Å². The Morgan fingerprint density at radius 1 is 1.57 bits per heavy atom. The van der Waals surface area contributed by atoms with Crippen LogP contribution in [0.5, 0.6) is 5.75 Å². The molecule has 0 spiro atoms. The number of likely N-dealkylation sites (N-methyl/N-ethyl adjacent to an activating group) is 1. The SMILES string of the molecule is CCNC(=O)Cc1ccc(O)cc1Cl. The summed E-state index contributed by atoms with van der Waals surface area (Å²) in [4.78, 5) is 11.2. The lowest BCUT2D eigenvalue weighted by atomic mass is 10.1. The zero-order valence-corrected chi connectivity index (χ0v) is 8.64. The number of carbonyl (C=O) groups is 1. The van der Waals surface area contributed by atoms with Gasteiger partial charge in [-0.2, -0.15) is 0 Å². The highest BCUT2D eigenvalue weighted by atomic mass is 35.5. The molecule has 0 heterocycles. The zero-order valence-electron chi connectivity index (χ0n) is 7.88. The molecule has 1 aromatic carbocycles. The second kappa shape index (κ2) is 4.86. The van der Waals surface area contributed by atoms with E-state index >= 15 is 0 Å². The van der Waals surface area contributed by atoms with Crippen molar-refractivity contribution in [3.05, 3.63) is 28.8 Å². The summed E-state index contributed by atoms with van der Waals surface area (Å²) in [5.41, 5.74) is 0.718. The van der Waals surface area contributed by atoms with Crippen molar-refractivity contribution in [2.75, 3.05) is 6.54 Å². The van der Waals surface area contributed by atoms with E-state index in [1.807, 2.05) is 6.92 Å². The van der Waals surface area contributed by atoms with Crippen LogP contribution in [0.25, 0.3) is 0 Å². The van der Waals surface area contributed by atoms with Crippen LogP contribution >= 0.6 is 11.6 Å². The van der Waals surface area contributed by atoms with E-state index in [1.54, 1.807) is 6.07 Å². The smallest absolute Gasteiger partial charge is 0.224 e. The second-order valence-electron chi connectivity index (χ2n) is 2.91. The molecule has 0 saturated carbocycles. The third kappa shape index (κ3) is 2.92. The molecular weight excluding hydrogens is 202 g/mol. The number of aromatic hydroxyl groups is 1. The molecule has 4 heteroatoms. The number of nitrogens with one attached hydrogen (secondary N) is 1. The van der Waals surface area contributed by atoms with Crippen molar-refractivity contribution in [2.45, 2.75) is 13.3 Å². The van der Waals surface area contributed by atoms with Gasteiger partial charge in [0.15, 0.2) is 0 Å². The van der Waals surface area contributed by atoms with Crippen LogP contribution in [0.4, 0.5) is 0 Å². The molecule has 3 nitrogen and oxygen atoms in total. The number of phenols is 1. The Morgan fingerprint density at radius 2 is 2.29 bits per heavy atom. The summed E-state index contributed by atoms with van der Waals surface area (Å²) < 4.78 is 0. The Hall–Kier alpha value is -1.22. The van der Waals surface area contributed by atoms with E-state index in [4.69, 9.17) is 16.7 Å². The van der Waals surface area contributed by atoms with Crippen molar-refractivity contribution in [2.24, 2.45) is 0 Å². The molecule has 0 aliphatic rings. The molecule has 0 unspecified atom stereocenters. The standard InChI is InChI=1S/C10H12ClNO2/c1-2-12-10(14)5-7-3-4-8(13)6-9(7)11/h3-4,6,13H,2,5H2,1H3,(H,12,14). The van der Waals surface area contributed by atoms with Gasteiger partial charge < -0.3 is 10.4 Å². The summed E-state index contributed by atoms with van der Waals surface area (Å²) in [6.45, 7) is 2.46. The predicted molar refractivity (Wildman–Crippen MR) is 55.5 cm³/mol. The highest BCUT2D eigenvalue weighted by Crippen LogP contribution is 2.21. The molecule has 1 rings (SSSR count). The maximum absolute atomic E-state index is 11.2. The number of benzene rings is 1. The van der Waals surface area contributed by atoms with Gasteiger partial charge in [-0.3, -0.25) is 4.79 Å². The van der Waals surface area contributed by atoms with Gasteiger partial charge in [0.25, 0.3) is 0 Å². The van der Waals surface area contributed by atoms with E-state index in [0.29, 0.717) is 11.6 Å². The van der Waals surface area contributed by atoms with Crippen molar-refractivity contribution in [1.29, 1.82) is 0 Å². The maximum Gasteiger partial charge on any atom is 0.224 e. The first kappa shape index (κ1) is 10.9. The fourth-order valence-electron chi connectivity index (χ4n) is 1.11. The topological polar surface area (TPSA) is 49.3 Å². The third-order valence-electron chi connectivity index (χ3n) is 1.76. The van der Waals surface area contributed by atoms with E-state index in [0.717, 1.165) is 5.56 Å². The normalized spacial score (nSPS) is 9.86. The molecule has 1 aromatic rings. The Bertz CT molecular complexity index is 339. The van der Waals surface area contributed by atoms with Crippen LogP contribution in [0, 0.1) is 0 Å². The van der Waals surface area contributed by atoms with E-state index < -0.39 is 0 Å². The summed E-state index contributed by atoms with van der Waals surface area (Å²) in [7, 11) is 0. The van der Waals surface area contributed by atoms with Gasteiger partial charge in [0, 0.05) is 11.6 Å². The van der Waals surface area contributed by atoms with Crippen LogP contribution < -0.4 is 5.32 Å². The van der Waals surface area contributed by atoms with Gasteiger partial charge in [-0.1, -0.05) is 17.7 Å². The Morgan fingerprint density at radius 3 is 2.86 bits per heavy atom. The molecule has 0 atom stereocenters. The van der Waals surface area contributed by atoms with Crippen molar-refractivity contribution in [3.8, 4) is 5.75 Å². The molecule has 0 aromatic heterocycles. The van der Waals surface area contributed by atoms with Crippen LogP contribution in [0.1, 0.15) is 12.5 Å². The van der Waals surface area contributed by atoms with Crippen molar-refractivity contribution in [3.63, 3.8) is 0 Å². The minimum absolute atomic E-state index is 0.0694. The molecule has 0 saturated heterocycles. The fraction of sp³-hybridized carbons (Fsp3) is 0.300. The van der Waals surface area contributed by atoms with E-state index in [1.165, 1.54) is 12.1 Å². The van der Waals surface area contributed by atoms with Crippen LogP contribution in [-0.2, 0) is 11.2 Å². The average molecular weight is 214 g/mol. The molecule has 0 radical (unpaired) electrons. The predicted octanol–water partition coefficient (Wildman–Crippen LogP) is 1.72. The second-order valence-corrected chi connectivity index (χ2v) is 3.31. The number of rotatable bonds is 3. The van der Waals surface area contributed by atoms with Crippen LogP contribution in [0.15, 0.2) is 18.2 Å². The van der Waals surface area contributed by atoms with Gasteiger partial charge >= 0.3 is 0 Å². The Balaban J connectivity index is 2.72. The number of hydrogen-bond acceptors (Lipinski definition) is 2. The lowest BCUT2D eigenvalue weighted by Crippen LogP contribution is -2.24. The van der Waals surface area contributed by atoms with E-state index in [9.17, 15) is 4.79 Å². The Kier molecular flexibility index (Phi) is 3.77. The van der Waals surface area contributed by atoms with Crippen LogP contribution in [-0.4, -0.2) is 17.6 Å². The molecule has 0 bridgehead atoms. The minimum Gasteiger partial charge on any atom is -0.508 e.